The van der Waals surface area contributed by atoms with Crippen molar-refractivity contribution in [3.05, 3.63) is 66.0 Å². The third-order valence-electron chi connectivity index (χ3n) is 6.02. The smallest absolute Gasteiger partial charge is 0.237 e. The van der Waals surface area contributed by atoms with Crippen molar-refractivity contribution < 1.29 is 9.59 Å². The van der Waals surface area contributed by atoms with Crippen LogP contribution in [0.15, 0.2) is 54.7 Å². The Labute approximate surface area is 171 Å². The monoisotopic (exact) mass is 392 g/mol. The van der Waals surface area contributed by atoms with Crippen molar-refractivity contribution in [3.8, 4) is 0 Å². The van der Waals surface area contributed by atoms with E-state index >= 15 is 0 Å². The van der Waals surface area contributed by atoms with E-state index in [1.807, 2.05) is 29.2 Å². The Morgan fingerprint density at radius 1 is 1.03 bits per heavy atom. The predicted octanol–water partition coefficient (Wildman–Crippen LogP) is 2.18. The molecule has 0 saturated carbocycles. The molecule has 3 heterocycles. The third kappa shape index (κ3) is 4.82. The largest absolute Gasteiger partial charge is 0.353 e. The quantitative estimate of drug-likeness (QED) is 0.847. The number of pyridine rings is 1. The standard InChI is InChI=1S/C23H28N4O2/c28-22(26-13-9-19(10-14-26)18-6-2-1-3-7-18)16-21-23(29)25-12-15-27(21)17-20-8-4-5-11-24-20/h1-8,11,19,21H,9-10,12-17H2,(H,25,29). The second-order valence-corrected chi connectivity index (χ2v) is 7.87. The molecule has 4 rings (SSSR count). The number of nitrogens with zero attached hydrogens (tertiary/aromatic N) is 3. The van der Waals surface area contributed by atoms with Crippen LogP contribution in [0.3, 0.4) is 0 Å². The van der Waals surface area contributed by atoms with Gasteiger partial charge in [-0.25, -0.2) is 0 Å². The highest BCUT2D eigenvalue weighted by atomic mass is 16.2. The fraction of sp³-hybridized carbons (Fsp3) is 0.435. The lowest BCUT2D eigenvalue weighted by Crippen LogP contribution is -2.56. The molecule has 152 valence electrons. The number of piperazine rings is 1. The lowest BCUT2D eigenvalue weighted by molar-refractivity contribution is -0.139. The first-order valence-electron chi connectivity index (χ1n) is 10.4. The minimum absolute atomic E-state index is 0.0558. The summed E-state index contributed by atoms with van der Waals surface area (Å²) in [5, 5.41) is 2.91. The molecule has 2 amide bonds. The number of carbonyl (C=O) groups excluding carboxylic acids is 2. The van der Waals surface area contributed by atoms with Crippen LogP contribution in [-0.2, 0) is 16.1 Å². The summed E-state index contributed by atoms with van der Waals surface area (Å²) in [6, 6.07) is 15.9. The summed E-state index contributed by atoms with van der Waals surface area (Å²) >= 11 is 0. The zero-order chi connectivity index (χ0) is 20.1. The lowest BCUT2D eigenvalue weighted by atomic mass is 9.89. The number of carbonyl (C=O) groups is 2. The van der Waals surface area contributed by atoms with Gasteiger partial charge in [0.05, 0.1) is 18.2 Å². The normalized spacial score (nSPS) is 21.0. The lowest BCUT2D eigenvalue weighted by Gasteiger charge is -2.37. The number of hydrogen-bond acceptors (Lipinski definition) is 4. The molecule has 2 aliphatic rings. The first-order chi connectivity index (χ1) is 14.2. The Morgan fingerprint density at radius 2 is 1.79 bits per heavy atom. The first-order valence-corrected chi connectivity index (χ1v) is 10.4. The van der Waals surface area contributed by atoms with E-state index in [4.69, 9.17) is 0 Å². The van der Waals surface area contributed by atoms with Gasteiger partial charge in [-0.15, -0.1) is 0 Å². The number of nitrogens with one attached hydrogen (secondary N) is 1. The van der Waals surface area contributed by atoms with Gasteiger partial charge < -0.3 is 10.2 Å². The topological polar surface area (TPSA) is 65.5 Å². The van der Waals surface area contributed by atoms with E-state index in [-0.39, 0.29) is 18.2 Å². The second kappa shape index (κ2) is 9.18. The maximum absolute atomic E-state index is 13.0. The Kier molecular flexibility index (Phi) is 6.20. The van der Waals surface area contributed by atoms with Gasteiger partial charge in [-0.2, -0.15) is 0 Å². The average molecular weight is 393 g/mol. The second-order valence-electron chi connectivity index (χ2n) is 7.87. The van der Waals surface area contributed by atoms with Crippen molar-refractivity contribution in [1.82, 2.24) is 20.1 Å². The molecule has 1 atom stereocenters. The minimum atomic E-state index is -0.426. The van der Waals surface area contributed by atoms with Crippen molar-refractivity contribution in [1.29, 1.82) is 0 Å². The van der Waals surface area contributed by atoms with E-state index in [9.17, 15) is 9.59 Å². The molecular weight excluding hydrogens is 364 g/mol. The summed E-state index contributed by atoms with van der Waals surface area (Å²) in [6.07, 6.45) is 3.94. The molecule has 1 aromatic heterocycles. The van der Waals surface area contributed by atoms with Crippen LogP contribution in [0.2, 0.25) is 0 Å². The number of benzene rings is 1. The van der Waals surface area contributed by atoms with E-state index in [2.05, 4.69) is 39.5 Å². The van der Waals surface area contributed by atoms with Gasteiger partial charge in [-0.1, -0.05) is 36.4 Å². The zero-order valence-corrected chi connectivity index (χ0v) is 16.7. The summed E-state index contributed by atoms with van der Waals surface area (Å²) in [7, 11) is 0. The van der Waals surface area contributed by atoms with Crippen LogP contribution in [0.25, 0.3) is 0 Å². The zero-order valence-electron chi connectivity index (χ0n) is 16.7. The fourth-order valence-electron chi connectivity index (χ4n) is 4.35. The van der Waals surface area contributed by atoms with Crippen LogP contribution in [-0.4, -0.2) is 58.8 Å². The highest BCUT2D eigenvalue weighted by Gasteiger charge is 2.34. The number of hydrogen-bond donors (Lipinski definition) is 1. The molecule has 1 unspecified atom stereocenters. The number of piperidine rings is 1. The van der Waals surface area contributed by atoms with Crippen LogP contribution in [0.4, 0.5) is 0 Å². The molecule has 29 heavy (non-hydrogen) atoms. The summed E-state index contributed by atoms with van der Waals surface area (Å²) in [4.78, 5) is 33.8. The maximum Gasteiger partial charge on any atom is 0.237 e. The molecule has 1 aromatic carbocycles. The Balaban J connectivity index is 1.35. The highest BCUT2D eigenvalue weighted by Crippen LogP contribution is 2.28. The van der Waals surface area contributed by atoms with Crippen molar-refractivity contribution in [2.45, 2.75) is 37.8 Å². The summed E-state index contributed by atoms with van der Waals surface area (Å²) < 4.78 is 0. The van der Waals surface area contributed by atoms with Gasteiger partial charge in [-0.05, 0) is 36.5 Å². The highest BCUT2D eigenvalue weighted by molar-refractivity contribution is 5.88. The van der Waals surface area contributed by atoms with E-state index in [0.29, 0.717) is 19.0 Å². The summed E-state index contributed by atoms with van der Waals surface area (Å²) in [5.74, 6) is 0.531. The first kappa shape index (κ1) is 19.6. The van der Waals surface area contributed by atoms with Crippen molar-refractivity contribution >= 4 is 11.8 Å². The van der Waals surface area contributed by atoms with Crippen LogP contribution < -0.4 is 5.32 Å². The molecule has 0 aliphatic carbocycles. The summed E-state index contributed by atoms with van der Waals surface area (Å²) in [6.45, 7) is 3.44. The number of amides is 2. The van der Waals surface area contributed by atoms with Gasteiger partial charge in [-0.3, -0.25) is 19.5 Å². The van der Waals surface area contributed by atoms with Crippen LogP contribution in [0.1, 0.15) is 36.4 Å². The molecule has 1 N–H and O–H groups in total. The van der Waals surface area contributed by atoms with E-state index in [1.54, 1.807) is 6.20 Å². The van der Waals surface area contributed by atoms with Crippen LogP contribution in [0, 0.1) is 0 Å². The average Bonchev–Trinajstić information content (AvgIpc) is 2.77. The van der Waals surface area contributed by atoms with Gasteiger partial charge in [0, 0.05) is 38.9 Å². The maximum atomic E-state index is 13.0. The molecule has 2 fully saturated rings. The fourth-order valence-corrected chi connectivity index (χ4v) is 4.35. The third-order valence-corrected chi connectivity index (χ3v) is 6.02. The van der Waals surface area contributed by atoms with Gasteiger partial charge >= 0.3 is 0 Å². The molecule has 6 nitrogen and oxygen atoms in total. The van der Waals surface area contributed by atoms with Crippen LogP contribution in [0.5, 0.6) is 0 Å². The number of aromatic nitrogens is 1. The van der Waals surface area contributed by atoms with Crippen molar-refractivity contribution in [3.63, 3.8) is 0 Å². The predicted molar refractivity (Wildman–Crippen MR) is 111 cm³/mol. The van der Waals surface area contributed by atoms with Crippen molar-refractivity contribution in [2.24, 2.45) is 0 Å². The molecular formula is C23H28N4O2. The molecule has 2 aliphatic heterocycles. The van der Waals surface area contributed by atoms with E-state index < -0.39 is 6.04 Å². The Morgan fingerprint density at radius 3 is 2.52 bits per heavy atom. The van der Waals surface area contributed by atoms with Gasteiger partial charge in [0.25, 0.3) is 0 Å². The Hall–Kier alpha value is -2.73. The van der Waals surface area contributed by atoms with Crippen molar-refractivity contribution in [2.75, 3.05) is 26.2 Å². The molecule has 0 bridgehead atoms. The number of likely N-dealkylation sites (tertiary alicyclic amines) is 1. The van der Waals surface area contributed by atoms with Crippen LogP contribution >= 0.6 is 0 Å². The minimum Gasteiger partial charge on any atom is -0.353 e. The van der Waals surface area contributed by atoms with Gasteiger partial charge in [0.15, 0.2) is 0 Å². The van der Waals surface area contributed by atoms with E-state index in [1.165, 1.54) is 5.56 Å². The molecule has 0 radical (unpaired) electrons. The molecule has 0 spiro atoms. The SMILES string of the molecule is O=C1NCCN(Cc2ccccn2)C1CC(=O)N1CCC(c2ccccc2)CC1. The van der Waals surface area contributed by atoms with E-state index in [0.717, 1.165) is 38.2 Å². The summed E-state index contributed by atoms with van der Waals surface area (Å²) in [5.41, 5.74) is 2.27. The number of rotatable bonds is 5. The Bertz CT molecular complexity index is 819. The van der Waals surface area contributed by atoms with Gasteiger partial charge in [0.2, 0.25) is 11.8 Å². The molecule has 6 heteroatoms. The molecule has 2 aromatic rings. The van der Waals surface area contributed by atoms with Gasteiger partial charge in [0.1, 0.15) is 0 Å². The molecule has 2 saturated heterocycles.